The maximum atomic E-state index is 14.5. The molecule has 0 saturated carbocycles. The van der Waals surface area contributed by atoms with Gasteiger partial charge in [0.25, 0.3) is 0 Å². The first-order valence-corrected chi connectivity index (χ1v) is 8.95. The molecule has 0 unspecified atom stereocenters. The highest BCUT2D eigenvalue weighted by molar-refractivity contribution is 6.31. The summed E-state index contributed by atoms with van der Waals surface area (Å²) < 4.78 is 14.5. The van der Waals surface area contributed by atoms with Crippen molar-refractivity contribution < 1.29 is 4.39 Å². The summed E-state index contributed by atoms with van der Waals surface area (Å²) in [6.45, 7) is 0.475. The zero-order valence-electron chi connectivity index (χ0n) is 14.0. The number of hydrogen-bond donors (Lipinski definition) is 2. The van der Waals surface area contributed by atoms with Gasteiger partial charge < -0.3 is 10.3 Å². The second-order valence-corrected chi connectivity index (χ2v) is 6.85. The molecule has 0 aliphatic rings. The van der Waals surface area contributed by atoms with Gasteiger partial charge in [-0.05, 0) is 29.3 Å². The van der Waals surface area contributed by atoms with E-state index in [1.165, 1.54) is 0 Å². The Morgan fingerprint density at radius 3 is 2.70 bits per heavy atom. The molecule has 2 N–H and O–H groups in total. The lowest BCUT2D eigenvalue weighted by atomic mass is 10.1. The minimum absolute atomic E-state index is 0.391. The number of nitrogens with zero attached hydrogens (tertiary/aromatic N) is 3. The third-order valence-corrected chi connectivity index (χ3v) is 4.58. The van der Waals surface area contributed by atoms with E-state index in [9.17, 15) is 4.39 Å². The maximum Gasteiger partial charge on any atom is 0.218 e. The second kappa shape index (κ2) is 7.50. The van der Waals surface area contributed by atoms with Gasteiger partial charge in [-0.3, -0.25) is 0 Å². The molecule has 0 spiro atoms. The fraction of sp³-hybridized carbons (Fsp3) is 0.105. The molecule has 0 fully saturated rings. The van der Waals surface area contributed by atoms with Gasteiger partial charge in [-0.2, -0.15) is 4.39 Å². The van der Waals surface area contributed by atoms with Crippen LogP contribution in [0.5, 0.6) is 0 Å². The number of rotatable bonds is 5. The quantitative estimate of drug-likeness (QED) is 0.461. The third kappa shape index (κ3) is 4.02. The van der Waals surface area contributed by atoms with E-state index in [2.05, 4.69) is 25.3 Å². The summed E-state index contributed by atoms with van der Waals surface area (Å²) in [5.41, 5.74) is 3.05. The Hall–Kier alpha value is -2.70. The Labute approximate surface area is 164 Å². The van der Waals surface area contributed by atoms with E-state index >= 15 is 0 Å². The van der Waals surface area contributed by atoms with E-state index in [1.807, 2.05) is 18.3 Å². The van der Waals surface area contributed by atoms with Crippen molar-refractivity contribution in [3.8, 4) is 0 Å². The van der Waals surface area contributed by atoms with Crippen LogP contribution in [0.1, 0.15) is 16.7 Å². The zero-order chi connectivity index (χ0) is 18.8. The molecule has 4 aromatic rings. The Morgan fingerprint density at radius 2 is 1.93 bits per heavy atom. The Kier molecular flexibility index (Phi) is 4.92. The second-order valence-electron chi connectivity index (χ2n) is 6.03. The minimum atomic E-state index is -0.515. The van der Waals surface area contributed by atoms with Gasteiger partial charge >= 0.3 is 0 Å². The molecule has 4 heterocycles. The van der Waals surface area contributed by atoms with Crippen LogP contribution in [0.3, 0.4) is 0 Å². The zero-order valence-corrected chi connectivity index (χ0v) is 15.5. The molecule has 0 aliphatic heterocycles. The molecule has 0 radical (unpaired) electrons. The highest BCUT2D eigenvalue weighted by atomic mass is 35.5. The van der Waals surface area contributed by atoms with Crippen LogP contribution in [0.25, 0.3) is 11.0 Å². The van der Waals surface area contributed by atoms with Crippen molar-refractivity contribution in [1.29, 1.82) is 0 Å². The van der Waals surface area contributed by atoms with Gasteiger partial charge in [0.2, 0.25) is 5.95 Å². The topological polar surface area (TPSA) is 66.5 Å². The summed E-state index contributed by atoms with van der Waals surface area (Å²) in [6.07, 6.45) is 5.44. The summed E-state index contributed by atoms with van der Waals surface area (Å²) in [6, 6.07) is 8.85. The highest BCUT2D eigenvalue weighted by Gasteiger charge is 2.11. The van der Waals surface area contributed by atoms with Crippen LogP contribution in [0.2, 0.25) is 10.2 Å². The smallest absolute Gasteiger partial charge is 0.218 e. The summed E-state index contributed by atoms with van der Waals surface area (Å²) in [4.78, 5) is 15.3. The van der Waals surface area contributed by atoms with Gasteiger partial charge in [0.1, 0.15) is 16.6 Å². The van der Waals surface area contributed by atoms with E-state index in [0.29, 0.717) is 34.5 Å². The lowest BCUT2D eigenvalue weighted by Gasteiger charge is -2.08. The van der Waals surface area contributed by atoms with E-state index < -0.39 is 5.95 Å². The molecule has 0 atom stereocenters. The summed E-state index contributed by atoms with van der Waals surface area (Å²) in [5.74, 6) is -0.0617. The van der Waals surface area contributed by atoms with Gasteiger partial charge in [0.15, 0.2) is 0 Å². The van der Waals surface area contributed by atoms with E-state index in [1.54, 1.807) is 30.6 Å². The predicted molar refractivity (Wildman–Crippen MR) is 105 cm³/mol. The molecule has 0 aromatic carbocycles. The number of H-pyrrole nitrogens is 1. The first-order valence-electron chi connectivity index (χ1n) is 8.20. The fourth-order valence-corrected chi connectivity index (χ4v) is 3.05. The molecule has 5 nitrogen and oxygen atoms in total. The number of fused-ring (bicyclic) bond motifs is 1. The van der Waals surface area contributed by atoms with Crippen LogP contribution in [-0.2, 0) is 13.0 Å². The number of aromatic amines is 1. The van der Waals surface area contributed by atoms with Gasteiger partial charge in [0.05, 0.1) is 5.02 Å². The molecule has 0 amide bonds. The number of pyridine rings is 3. The van der Waals surface area contributed by atoms with Crippen molar-refractivity contribution >= 4 is 40.1 Å². The monoisotopic (exact) mass is 401 g/mol. The molecule has 27 heavy (non-hydrogen) atoms. The molecule has 136 valence electrons. The summed E-state index contributed by atoms with van der Waals surface area (Å²) in [7, 11) is 0. The van der Waals surface area contributed by atoms with Crippen molar-refractivity contribution in [3.63, 3.8) is 0 Å². The SMILES string of the molecule is Fc1nc(NCc2ccc(Cl)nc2)ccc1Cc1c[nH]c2ncc(Cl)cc12. The third-order valence-electron chi connectivity index (χ3n) is 4.15. The first kappa shape index (κ1) is 17.7. The molecule has 0 bridgehead atoms. The fourth-order valence-electron chi connectivity index (χ4n) is 2.78. The van der Waals surface area contributed by atoms with Crippen LogP contribution in [0.4, 0.5) is 10.2 Å². The molecular formula is C19H14Cl2FN5. The number of nitrogens with one attached hydrogen (secondary N) is 2. The van der Waals surface area contributed by atoms with E-state index in [4.69, 9.17) is 23.2 Å². The van der Waals surface area contributed by atoms with Gasteiger partial charge in [0, 0.05) is 42.5 Å². The maximum absolute atomic E-state index is 14.5. The predicted octanol–water partition coefficient (Wildman–Crippen LogP) is 5.00. The average molecular weight is 402 g/mol. The van der Waals surface area contributed by atoms with Crippen LogP contribution in [-0.4, -0.2) is 19.9 Å². The Morgan fingerprint density at radius 1 is 1.04 bits per heavy atom. The van der Waals surface area contributed by atoms with Crippen molar-refractivity contribution in [3.05, 3.63) is 81.7 Å². The molecule has 0 aliphatic carbocycles. The van der Waals surface area contributed by atoms with Crippen molar-refractivity contribution in [2.24, 2.45) is 0 Å². The summed E-state index contributed by atoms with van der Waals surface area (Å²) >= 11 is 11.8. The van der Waals surface area contributed by atoms with Crippen molar-refractivity contribution in [2.45, 2.75) is 13.0 Å². The molecule has 4 rings (SSSR count). The van der Waals surface area contributed by atoms with Gasteiger partial charge in [-0.25, -0.2) is 15.0 Å². The van der Waals surface area contributed by atoms with E-state index in [0.717, 1.165) is 22.2 Å². The lowest BCUT2D eigenvalue weighted by molar-refractivity contribution is 0.571. The normalized spacial score (nSPS) is 11.1. The van der Waals surface area contributed by atoms with Gasteiger partial charge in [-0.15, -0.1) is 0 Å². The Bertz CT molecular complexity index is 1100. The average Bonchev–Trinajstić information content (AvgIpc) is 3.05. The van der Waals surface area contributed by atoms with Gasteiger partial charge in [-0.1, -0.05) is 35.3 Å². The molecule has 0 saturated heterocycles. The molecule has 8 heteroatoms. The number of halogens is 3. The number of hydrogen-bond acceptors (Lipinski definition) is 4. The van der Waals surface area contributed by atoms with Crippen LogP contribution >= 0.6 is 23.2 Å². The number of anilines is 1. The summed E-state index contributed by atoms with van der Waals surface area (Å²) in [5, 5.41) is 4.92. The molecule has 4 aromatic heterocycles. The van der Waals surface area contributed by atoms with Crippen molar-refractivity contribution in [1.82, 2.24) is 19.9 Å². The van der Waals surface area contributed by atoms with Crippen LogP contribution in [0.15, 0.2) is 48.9 Å². The first-order chi connectivity index (χ1) is 13.1. The van der Waals surface area contributed by atoms with Crippen LogP contribution in [0, 0.1) is 5.95 Å². The lowest BCUT2D eigenvalue weighted by Crippen LogP contribution is -2.04. The van der Waals surface area contributed by atoms with Crippen LogP contribution < -0.4 is 5.32 Å². The van der Waals surface area contributed by atoms with E-state index in [-0.39, 0.29) is 0 Å². The largest absolute Gasteiger partial charge is 0.366 e. The minimum Gasteiger partial charge on any atom is -0.366 e. The number of aromatic nitrogens is 4. The van der Waals surface area contributed by atoms with Crippen molar-refractivity contribution in [2.75, 3.05) is 5.32 Å². The highest BCUT2D eigenvalue weighted by Crippen LogP contribution is 2.24. The Balaban J connectivity index is 1.49. The standard InChI is InChI=1S/C19H14Cl2FN5/c20-14-6-15-13(9-25-19(15)26-10-14)5-12-2-4-17(27-18(12)22)24-8-11-1-3-16(21)23-7-11/h1-4,6-7,9-10H,5,8H2,(H,24,27)(H,25,26). The molecular weight excluding hydrogens is 388 g/mol.